The maximum absolute atomic E-state index is 13.2. The van der Waals surface area contributed by atoms with E-state index < -0.39 is 0 Å². The van der Waals surface area contributed by atoms with Crippen LogP contribution >= 0.6 is 0 Å². The van der Waals surface area contributed by atoms with E-state index >= 15 is 0 Å². The molecule has 1 N–H and O–H groups in total. The van der Waals surface area contributed by atoms with Crippen molar-refractivity contribution in [1.82, 2.24) is 20.2 Å². The zero-order chi connectivity index (χ0) is 24.8. The van der Waals surface area contributed by atoms with Crippen LogP contribution in [0.4, 0.5) is 5.82 Å². The third kappa shape index (κ3) is 6.27. The van der Waals surface area contributed by atoms with E-state index in [1.165, 1.54) is 5.57 Å². The molecule has 3 atom stereocenters. The molecule has 186 valence electrons. The Kier molecular flexibility index (Phi) is 8.16. The number of allylic oxidation sites excluding steroid dienone is 1. The standard InChI is InChI=1S/C28H37N5O2/c1-20(2)25-17-23(21(3)16-24(25)19-31-28(35)22-7-10-29-11-8-22)18-27(34)33-14-12-32(13-15-33)26-6-4-5-9-30-26/h4-11,16,20,23-25H,12-15,17-19H2,1-3H3,(H,31,35). The molecule has 3 unspecified atom stereocenters. The number of nitrogens with zero attached hydrogens (tertiary/aromatic N) is 4. The smallest absolute Gasteiger partial charge is 0.251 e. The molecule has 0 saturated carbocycles. The number of aromatic nitrogens is 2. The summed E-state index contributed by atoms with van der Waals surface area (Å²) < 4.78 is 0. The third-order valence-corrected chi connectivity index (χ3v) is 7.55. The molecule has 7 nitrogen and oxygen atoms in total. The highest BCUT2D eigenvalue weighted by molar-refractivity contribution is 5.93. The molecule has 1 aliphatic carbocycles. The average molecular weight is 476 g/mol. The molecule has 0 bridgehead atoms. The van der Waals surface area contributed by atoms with Crippen molar-refractivity contribution < 1.29 is 9.59 Å². The second-order valence-corrected chi connectivity index (χ2v) is 10.1. The first-order valence-corrected chi connectivity index (χ1v) is 12.7. The quantitative estimate of drug-likeness (QED) is 0.617. The van der Waals surface area contributed by atoms with Gasteiger partial charge in [0.2, 0.25) is 5.91 Å². The molecule has 2 amide bonds. The maximum atomic E-state index is 13.2. The lowest BCUT2D eigenvalue weighted by molar-refractivity contribution is -0.132. The first-order valence-electron chi connectivity index (χ1n) is 12.7. The van der Waals surface area contributed by atoms with Crippen molar-refractivity contribution in [2.24, 2.45) is 23.7 Å². The third-order valence-electron chi connectivity index (χ3n) is 7.55. The highest BCUT2D eigenvalue weighted by Gasteiger charge is 2.34. The average Bonchev–Trinajstić information content (AvgIpc) is 2.89. The first-order chi connectivity index (χ1) is 16.9. The Balaban J connectivity index is 1.33. The normalized spacial score (nSPS) is 22.6. The van der Waals surface area contributed by atoms with Crippen molar-refractivity contribution in [2.45, 2.75) is 33.6 Å². The molecule has 2 aliphatic rings. The summed E-state index contributed by atoms with van der Waals surface area (Å²) in [6, 6.07) is 9.41. The predicted molar refractivity (Wildman–Crippen MR) is 138 cm³/mol. The Hall–Kier alpha value is -3.22. The van der Waals surface area contributed by atoms with Gasteiger partial charge in [0.15, 0.2) is 0 Å². The van der Waals surface area contributed by atoms with Crippen LogP contribution in [0.25, 0.3) is 0 Å². The van der Waals surface area contributed by atoms with Gasteiger partial charge in [0.25, 0.3) is 5.91 Å². The zero-order valence-electron chi connectivity index (χ0n) is 21.1. The number of hydrogen-bond acceptors (Lipinski definition) is 5. The van der Waals surface area contributed by atoms with Gasteiger partial charge in [-0.2, -0.15) is 0 Å². The largest absolute Gasteiger partial charge is 0.353 e. The Bertz CT molecular complexity index is 1020. The fourth-order valence-corrected chi connectivity index (χ4v) is 5.39. The van der Waals surface area contributed by atoms with Gasteiger partial charge < -0.3 is 15.1 Å². The van der Waals surface area contributed by atoms with Gasteiger partial charge in [-0.05, 0) is 61.3 Å². The lowest BCUT2D eigenvalue weighted by Gasteiger charge is -2.39. The number of pyridine rings is 2. The lowest BCUT2D eigenvalue weighted by atomic mass is 9.69. The van der Waals surface area contributed by atoms with E-state index in [9.17, 15) is 9.59 Å². The molecule has 0 aromatic carbocycles. The second kappa shape index (κ2) is 11.5. The molecule has 2 aromatic rings. The number of hydrogen-bond donors (Lipinski definition) is 1. The summed E-state index contributed by atoms with van der Waals surface area (Å²) in [7, 11) is 0. The number of piperazine rings is 1. The van der Waals surface area contributed by atoms with Crippen molar-refractivity contribution in [1.29, 1.82) is 0 Å². The highest BCUT2D eigenvalue weighted by atomic mass is 16.2. The minimum absolute atomic E-state index is 0.0666. The Labute approximate surface area is 208 Å². The zero-order valence-corrected chi connectivity index (χ0v) is 21.1. The molecular weight excluding hydrogens is 438 g/mol. The maximum Gasteiger partial charge on any atom is 0.251 e. The van der Waals surface area contributed by atoms with E-state index in [-0.39, 0.29) is 23.7 Å². The van der Waals surface area contributed by atoms with Crippen molar-refractivity contribution in [2.75, 3.05) is 37.6 Å². The van der Waals surface area contributed by atoms with Crippen LogP contribution in [0, 0.1) is 23.7 Å². The van der Waals surface area contributed by atoms with Crippen LogP contribution < -0.4 is 10.2 Å². The monoisotopic (exact) mass is 475 g/mol. The fraction of sp³-hybridized carbons (Fsp3) is 0.500. The van der Waals surface area contributed by atoms with E-state index in [1.807, 2.05) is 29.3 Å². The van der Waals surface area contributed by atoms with Crippen molar-refractivity contribution in [3.05, 3.63) is 66.1 Å². The topological polar surface area (TPSA) is 78.4 Å². The summed E-state index contributed by atoms with van der Waals surface area (Å²) in [6.45, 7) is 10.3. The van der Waals surface area contributed by atoms with Gasteiger partial charge in [0.1, 0.15) is 5.82 Å². The molecule has 0 spiro atoms. The molecule has 35 heavy (non-hydrogen) atoms. The van der Waals surface area contributed by atoms with Crippen molar-refractivity contribution >= 4 is 17.6 Å². The number of rotatable bonds is 7. The summed E-state index contributed by atoms with van der Waals surface area (Å²) in [5.41, 5.74) is 1.90. The minimum atomic E-state index is -0.0666. The van der Waals surface area contributed by atoms with Crippen LogP contribution in [-0.4, -0.2) is 59.4 Å². The van der Waals surface area contributed by atoms with Crippen LogP contribution in [-0.2, 0) is 4.79 Å². The van der Waals surface area contributed by atoms with Gasteiger partial charge >= 0.3 is 0 Å². The molecule has 0 radical (unpaired) electrons. The molecule has 1 aliphatic heterocycles. The summed E-state index contributed by atoms with van der Waals surface area (Å²) in [6.07, 6.45) is 8.93. The number of amides is 2. The Morgan fingerprint density at radius 2 is 1.80 bits per heavy atom. The van der Waals surface area contributed by atoms with Gasteiger partial charge in [-0.1, -0.05) is 31.6 Å². The van der Waals surface area contributed by atoms with Crippen LogP contribution in [0.3, 0.4) is 0 Å². The van der Waals surface area contributed by atoms with E-state index in [0.717, 1.165) is 38.4 Å². The predicted octanol–water partition coefficient (Wildman–Crippen LogP) is 3.80. The SMILES string of the molecule is CC1=CC(CNC(=O)c2ccncc2)C(C(C)C)CC1CC(=O)N1CCN(c2ccccn2)CC1. The van der Waals surface area contributed by atoms with Gasteiger partial charge in [-0.3, -0.25) is 14.6 Å². The van der Waals surface area contributed by atoms with E-state index in [4.69, 9.17) is 0 Å². The second-order valence-electron chi connectivity index (χ2n) is 10.1. The summed E-state index contributed by atoms with van der Waals surface area (Å²) in [5.74, 6) is 2.59. The molecule has 7 heteroatoms. The lowest BCUT2D eigenvalue weighted by Crippen LogP contribution is -2.49. The van der Waals surface area contributed by atoms with Crippen molar-refractivity contribution in [3.63, 3.8) is 0 Å². The van der Waals surface area contributed by atoms with E-state index in [1.54, 1.807) is 24.5 Å². The molecule has 3 heterocycles. The summed E-state index contributed by atoms with van der Waals surface area (Å²) >= 11 is 0. The highest BCUT2D eigenvalue weighted by Crippen LogP contribution is 2.39. The van der Waals surface area contributed by atoms with Crippen LogP contribution in [0.15, 0.2) is 60.6 Å². The molecule has 1 fully saturated rings. The van der Waals surface area contributed by atoms with Crippen LogP contribution in [0.2, 0.25) is 0 Å². The van der Waals surface area contributed by atoms with Gasteiger partial charge in [-0.25, -0.2) is 4.98 Å². The molecular formula is C28H37N5O2. The number of carbonyl (C=O) groups is 2. The molecule has 4 rings (SSSR count). The number of nitrogens with one attached hydrogen (secondary N) is 1. The van der Waals surface area contributed by atoms with Gasteiger partial charge in [0.05, 0.1) is 0 Å². The van der Waals surface area contributed by atoms with Gasteiger partial charge in [0, 0.05) is 63.3 Å². The van der Waals surface area contributed by atoms with E-state index in [2.05, 4.69) is 47.0 Å². The first kappa shape index (κ1) is 24.9. The van der Waals surface area contributed by atoms with Crippen LogP contribution in [0.5, 0.6) is 0 Å². The molecule has 1 saturated heterocycles. The number of carbonyl (C=O) groups excluding carboxylic acids is 2. The fourth-order valence-electron chi connectivity index (χ4n) is 5.39. The Morgan fingerprint density at radius 3 is 2.46 bits per heavy atom. The minimum Gasteiger partial charge on any atom is -0.353 e. The van der Waals surface area contributed by atoms with Gasteiger partial charge in [-0.15, -0.1) is 0 Å². The molecule has 2 aromatic heterocycles. The van der Waals surface area contributed by atoms with E-state index in [0.29, 0.717) is 30.4 Å². The van der Waals surface area contributed by atoms with Crippen molar-refractivity contribution in [3.8, 4) is 0 Å². The van der Waals surface area contributed by atoms with Crippen LogP contribution in [0.1, 0.15) is 44.0 Å². The Morgan fingerprint density at radius 1 is 1.06 bits per heavy atom. The summed E-state index contributed by atoms with van der Waals surface area (Å²) in [5, 5.41) is 3.10. The number of anilines is 1. The summed E-state index contributed by atoms with van der Waals surface area (Å²) in [4.78, 5) is 38.4.